The Labute approximate surface area is 321 Å². The summed E-state index contributed by atoms with van der Waals surface area (Å²) in [6.07, 6.45) is 5.28. The van der Waals surface area contributed by atoms with Crippen LogP contribution in [0.1, 0.15) is 22.3 Å². The third-order valence-corrected chi connectivity index (χ3v) is 8.73. The van der Waals surface area contributed by atoms with E-state index < -0.39 is 22.5 Å². The van der Waals surface area contributed by atoms with Crippen molar-refractivity contribution in [3.05, 3.63) is 196 Å². The van der Waals surface area contributed by atoms with Crippen LogP contribution in [0.15, 0.2) is 141 Å². The zero-order chi connectivity index (χ0) is 38.5. The summed E-state index contributed by atoms with van der Waals surface area (Å²) in [5, 5.41) is 0.906. The predicted octanol–water partition coefficient (Wildman–Crippen LogP) is 5.05. The van der Waals surface area contributed by atoms with Gasteiger partial charge < -0.3 is 0 Å². The molecule has 0 aliphatic rings. The fourth-order valence-corrected chi connectivity index (χ4v) is 5.97. The number of hydrogen-bond acceptors (Lipinski definition) is 8. The van der Waals surface area contributed by atoms with Gasteiger partial charge in [0.25, 0.3) is 11.1 Å². The number of nitrogens with one attached hydrogen (secondary N) is 1. The fraction of sp³-hybridized carbons (Fsp3) is 0.0244. The van der Waals surface area contributed by atoms with E-state index in [1.165, 1.54) is 29.6 Å². The lowest BCUT2D eigenvalue weighted by Crippen LogP contribution is -2.38. The molecule has 0 unspecified atom stereocenters. The molecule has 4 aromatic carbocycles. The molecule has 1 N–H and O–H groups in total. The van der Waals surface area contributed by atoms with Gasteiger partial charge in [-0.05, 0) is 60.7 Å². The van der Waals surface area contributed by atoms with Gasteiger partial charge in [-0.25, -0.2) is 38.7 Å². The number of aromatic nitrogens is 8. The molecular weight excluding hydrogens is 739 g/mol. The van der Waals surface area contributed by atoms with E-state index in [9.17, 15) is 19.2 Å². The van der Waals surface area contributed by atoms with E-state index in [0.29, 0.717) is 11.1 Å². The van der Waals surface area contributed by atoms with Gasteiger partial charge in [0.1, 0.15) is 29.1 Å². The molecule has 0 fully saturated rings. The number of fused-ring (bicyclic) bond motifs is 2. The van der Waals surface area contributed by atoms with E-state index in [2.05, 4.69) is 48.6 Å². The van der Waals surface area contributed by atoms with Crippen LogP contribution < -0.4 is 22.5 Å². The number of hydrogen-bond donors (Lipinski definition) is 1. The average molecular weight is 764 g/mol. The van der Waals surface area contributed by atoms with E-state index >= 15 is 0 Å². The van der Waals surface area contributed by atoms with Crippen LogP contribution in [0.4, 0.5) is 0 Å². The maximum Gasteiger partial charge on any atom is 0.337 e. The monoisotopic (exact) mass is 762 g/mol. The van der Waals surface area contributed by atoms with Crippen LogP contribution in [0.2, 0.25) is 10.0 Å². The first kappa shape index (κ1) is 36.0. The molecule has 0 radical (unpaired) electrons. The lowest BCUT2D eigenvalue weighted by Gasteiger charge is -2.11. The van der Waals surface area contributed by atoms with Gasteiger partial charge in [0.2, 0.25) is 0 Å². The summed E-state index contributed by atoms with van der Waals surface area (Å²) in [7, 11) is 1.54. The van der Waals surface area contributed by atoms with Crippen molar-refractivity contribution in [1.82, 2.24) is 38.6 Å². The van der Waals surface area contributed by atoms with E-state index in [1.54, 1.807) is 43.4 Å². The molecule has 0 saturated carbocycles. The molecule has 0 saturated heterocycles. The van der Waals surface area contributed by atoms with E-state index in [1.807, 2.05) is 60.7 Å². The topological polar surface area (TPSA) is 150 Å². The number of aryl methyl sites for hydroxylation is 1. The molecule has 4 heterocycles. The highest BCUT2D eigenvalue weighted by molar-refractivity contribution is 6.32. The first-order valence-electron chi connectivity index (χ1n) is 16.3. The third kappa shape index (κ3) is 7.59. The number of benzene rings is 4. The number of halogens is 2. The lowest BCUT2D eigenvalue weighted by atomic mass is 10.1. The average Bonchev–Trinajstić information content (AvgIpc) is 3.21. The quantitative estimate of drug-likeness (QED) is 0.241. The standard InChI is InChI=1S/C21H13ClN4O2.C20H11ClN4O2/c1-25-19-16(12-23-13-24-19)20(27)26(21(25)28)18-10-9-15(11-17(18)22)8-7-14-5-3-2-4-6-14;21-16-10-14(7-6-13-4-2-1-3-5-13)8-9-17(16)25-19(26)15-11-22-12-23-18(15)24-20(25)27/h2-6,9-13H,1H3;1-5,8-12H,(H,22,23,24,27). The van der Waals surface area contributed by atoms with Crippen molar-refractivity contribution in [2.24, 2.45) is 7.05 Å². The molecule has 0 atom stereocenters. The van der Waals surface area contributed by atoms with Gasteiger partial charge in [0.05, 0.1) is 21.4 Å². The van der Waals surface area contributed by atoms with Gasteiger partial charge in [-0.3, -0.25) is 19.1 Å². The molecule has 8 aromatic rings. The molecule has 0 aliphatic carbocycles. The predicted molar refractivity (Wildman–Crippen MR) is 211 cm³/mol. The van der Waals surface area contributed by atoms with Crippen LogP contribution in [0.5, 0.6) is 0 Å². The van der Waals surface area contributed by atoms with Crippen LogP contribution in [0.25, 0.3) is 33.4 Å². The molecule has 0 spiro atoms. The molecule has 55 heavy (non-hydrogen) atoms. The Balaban J connectivity index is 0.000000169. The highest BCUT2D eigenvalue weighted by atomic mass is 35.5. The van der Waals surface area contributed by atoms with Crippen molar-refractivity contribution in [3.8, 4) is 35.1 Å². The number of aromatic amines is 1. The van der Waals surface area contributed by atoms with Gasteiger partial charge in [-0.1, -0.05) is 83.3 Å². The number of nitrogens with zero attached hydrogens (tertiary/aromatic N) is 7. The SMILES string of the molecule is Cn1c(=O)n(-c2ccc(C#Cc3ccccc3)cc2Cl)c(=O)c2cncnc21.O=c1[nH]c2ncncc2c(=O)n1-c1ccc(C#Cc2ccccc2)cc1Cl. The second-order valence-electron chi connectivity index (χ2n) is 11.7. The Bertz CT molecular complexity index is 3140. The molecular formula is C41H24Cl2N8O4. The minimum absolute atomic E-state index is 0.178. The van der Waals surface area contributed by atoms with Crippen LogP contribution >= 0.6 is 23.2 Å². The first-order chi connectivity index (χ1) is 26.7. The van der Waals surface area contributed by atoms with Gasteiger partial charge in [-0.2, -0.15) is 0 Å². The summed E-state index contributed by atoms with van der Waals surface area (Å²) in [4.78, 5) is 68.8. The first-order valence-corrected chi connectivity index (χ1v) is 17.1. The van der Waals surface area contributed by atoms with Crippen LogP contribution in [0, 0.1) is 23.7 Å². The molecule has 0 amide bonds. The molecule has 14 heteroatoms. The Morgan fingerprint density at radius 3 is 1.64 bits per heavy atom. The normalized spacial score (nSPS) is 10.5. The van der Waals surface area contributed by atoms with Gasteiger partial charge in [0, 0.05) is 41.7 Å². The fourth-order valence-electron chi connectivity index (χ4n) is 5.44. The second kappa shape index (κ2) is 15.7. The van der Waals surface area contributed by atoms with Crippen LogP contribution in [-0.4, -0.2) is 38.6 Å². The molecule has 0 bridgehead atoms. The van der Waals surface area contributed by atoms with Crippen molar-refractivity contribution in [2.75, 3.05) is 0 Å². The van der Waals surface area contributed by atoms with Crippen LogP contribution in [0.3, 0.4) is 0 Å². The Kier molecular flexibility index (Phi) is 10.3. The molecule has 266 valence electrons. The van der Waals surface area contributed by atoms with Crippen molar-refractivity contribution in [1.29, 1.82) is 0 Å². The van der Waals surface area contributed by atoms with Crippen molar-refractivity contribution < 1.29 is 0 Å². The maximum absolute atomic E-state index is 12.8. The highest BCUT2D eigenvalue weighted by Crippen LogP contribution is 2.21. The van der Waals surface area contributed by atoms with E-state index in [4.69, 9.17) is 23.2 Å². The van der Waals surface area contributed by atoms with Gasteiger partial charge in [-0.15, -0.1) is 0 Å². The number of H-pyrrole nitrogens is 1. The Morgan fingerprint density at radius 1 is 0.582 bits per heavy atom. The van der Waals surface area contributed by atoms with Gasteiger partial charge >= 0.3 is 11.4 Å². The summed E-state index contributed by atoms with van der Waals surface area (Å²) in [6, 6.07) is 28.9. The largest absolute Gasteiger partial charge is 0.337 e. The minimum Gasteiger partial charge on any atom is -0.291 e. The highest BCUT2D eigenvalue weighted by Gasteiger charge is 2.16. The number of rotatable bonds is 2. The smallest absolute Gasteiger partial charge is 0.291 e. The summed E-state index contributed by atoms with van der Waals surface area (Å²) in [5.74, 6) is 12.1. The minimum atomic E-state index is -0.629. The van der Waals surface area contributed by atoms with Crippen molar-refractivity contribution >= 4 is 45.3 Å². The molecule has 0 aliphatic heterocycles. The van der Waals surface area contributed by atoms with Gasteiger partial charge in [0.15, 0.2) is 5.65 Å². The van der Waals surface area contributed by atoms with E-state index in [-0.39, 0.29) is 43.5 Å². The summed E-state index contributed by atoms with van der Waals surface area (Å²) < 4.78 is 3.27. The zero-order valence-electron chi connectivity index (χ0n) is 28.6. The van der Waals surface area contributed by atoms with E-state index in [0.717, 1.165) is 20.3 Å². The second-order valence-corrected chi connectivity index (χ2v) is 12.5. The Hall–Kier alpha value is -7.38. The zero-order valence-corrected chi connectivity index (χ0v) is 30.1. The summed E-state index contributed by atoms with van der Waals surface area (Å²) in [6.45, 7) is 0. The molecule has 8 rings (SSSR count). The van der Waals surface area contributed by atoms with Crippen LogP contribution in [-0.2, 0) is 7.05 Å². The van der Waals surface area contributed by atoms with Crippen molar-refractivity contribution in [2.45, 2.75) is 0 Å². The molecule has 12 nitrogen and oxygen atoms in total. The summed E-state index contributed by atoms with van der Waals surface area (Å²) >= 11 is 12.7. The Morgan fingerprint density at radius 2 is 1.07 bits per heavy atom. The lowest BCUT2D eigenvalue weighted by molar-refractivity contribution is 0.762. The maximum atomic E-state index is 12.8. The molecule has 4 aromatic heterocycles. The summed E-state index contributed by atoms with van der Waals surface area (Å²) in [5.41, 5.74) is 1.85. The van der Waals surface area contributed by atoms with Crippen molar-refractivity contribution in [3.63, 3.8) is 0 Å². The third-order valence-electron chi connectivity index (χ3n) is 8.12.